The van der Waals surface area contributed by atoms with E-state index >= 15 is 0 Å². The first-order valence-corrected chi connectivity index (χ1v) is 10.0. The van der Waals surface area contributed by atoms with E-state index in [1.165, 1.54) is 35.1 Å². The van der Waals surface area contributed by atoms with Crippen molar-refractivity contribution in [2.75, 3.05) is 0 Å². The summed E-state index contributed by atoms with van der Waals surface area (Å²) in [7, 11) is 0. The number of allylic oxidation sites excluding steroid dienone is 3. The second kappa shape index (κ2) is 11.7. The van der Waals surface area contributed by atoms with Gasteiger partial charge in [0, 0.05) is 14.3 Å². The molecule has 0 amide bonds. The predicted molar refractivity (Wildman–Crippen MR) is 116 cm³/mol. The highest BCUT2D eigenvalue weighted by Crippen LogP contribution is 2.25. The Kier molecular flexibility index (Phi) is 9.99. The first-order valence-electron chi connectivity index (χ1n) is 10.0. The number of hydrogen-bond acceptors (Lipinski definition) is 1. The summed E-state index contributed by atoms with van der Waals surface area (Å²) in [6, 6.07) is 8.91. The minimum atomic E-state index is 0. The molecule has 1 nitrogen and oxygen atoms in total. The molecule has 0 saturated heterocycles. The van der Waals surface area contributed by atoms with E-state index in [-0.39, 0.29) is 1.43 Å². The lowest BCUT2D eigenvalue weighted by atomic mass is 9.89. The Morgan fingerprint density at radius 3 is 2.08 bits per heavy atom. The van der Waals surface area contributed by atoms with Crippen molar-refractivity contribution in [1.29, 1.82) is 0 Å². The third kappa shape index (κ3) is 7.58. The number of carbonyl (C=O) groups is 1. The molecule has 0 radical (unpaired) electrons. The van der Waals surface area contributed by atoms with E-state index < -0.39 is 0 Å². The van der Waals surface area contributed by atoms with Gasteiger partial charge in [-0.2, -0.15) is 0 Å². The summed E-state index contributed by atoms with van der Waals surface area (Å²) in [6.45, 7) is 14.4. The van der Waals surface area contributed by atoms with Gasteiger partial charge in [-0.15, -0.1) is 5.73 Å². The summed E-state index contributed by atoms with van der Waals surface area (Å²) in [5.74, 6) is 0.723. The first kappa shape index (κ1) is 22.2. The SMILES string of the molecule is C=C=C(C)/C(=C(/C)CC(=O)CCCc1ccc(CCCC)cc1)C(C)C.[HH]. The van der Waals surface area contributed by atoms with Gasteiger partial charge < -0.3 is 0 Å². The summed E-state index contributed by atoms with van der Waals surface area (Å²) >= 11 is 0. The molecule has 0 aromatic heterocycles. The molecule has 0 atom stereocenters. The normalized spacial score (nSPS) is 11.9. The summed E-state index contributed by atoms with van der Waals surface area (Å²) in [5.41, 5.74) is 9.19. The highest BCUT2D eigenvalue weighted by atomic mass is 16.1. The molecule has 0 saturated carbocycles. The fourth-order valence-electron chi connectivity index (χ4n) is 3.56. The van der Waals surface area contributed by atoms with Crippen molar-refractivity contribution in [3.05, 3.63) is 64.4 Å². The van der Waals surface area contributed by atoms with E-state index in [9.17, 15) is 4.79 Å². The number of hydrogen-bond donors (Lipinski definition) is 0. The zero-order valence-electron chi connectivity index (χ0n) is 17.5. The van der Waals surface area contributed by atoms with E-state index in [1.807, 2.05) is 6.92 Å². The van der Waals surface area contributed by atoms with Crippen LogP contribution >= 0.6 is 0 Å². The van der Waals surface area contributed by atoms with Crippen LogP contribution in [0, 0.1) is 5.92 Å². The maximum Gasteiger partial charge on any atom is 0.136 e. The third-order valence-corrected chi connectivity index (χ3v) is 4.93. The van der Waals surface area contributed by atoms with Crippen LogP contribution in [0.2, 0.25) is 0 Å². The minimum Gasteiger partial charge on any atom is -0.299 e. The van der Waals surface area contributed by atoms with Gasteiger partial charge in [-0.05, 0) is 67.7 Å². The molecule has 1 aromatic rings. The Morgan fingerprint density at radius 2 is 1.62 bits per heavy atom. The van der Waals surface area contributed by atoms with Gasteiger partial charge in [-0.3, -0.25) is 4.79 Å². The van der Waals surface area contributed by atoms with Crippen molar-refractivity contribution < 1.29 is 6.22 Å². The summed E-state index contributed by atoms with van der Waals surface area (Å²) in [4.78, 5) is 12.4. The van der Waals surface area contributed by atoms with Crippen LogP contribution in [0.15, 0.2) is 53.3 Å². The molecule has 0 unspecified atom stereocenters. The zero-order chi connectivity index (χ0) is 19.5. The maximum absolute atomic E-state index is 12.4. The van der Waals surface area contributed by atoms with Crippen molar-refractivity contribution in [2.24, 2.45) is 5.92 Å². The molecule has 0 aliphatic carbocycles. The van der Waals surface area contributed by atoms with Crippen molar-refractivity contribution in [2.45, 2.75) is 79.6 Å². The number of carbonyl (C=O) groups excluding carboxylic acids is 1. The smallest absolute Gasteiger partial charge is 0.136 e. The van der Waals surface area contributed by atoms with Crippen LogP contribution in [0.5, 0.6) is 0 Å². The average Bonchev–Trinajstić information content (AvgIpc) is 2.60. The maximum atomic E-state index is 12.4. The van der Waals surface area contributed by atoms with Crippen LogP contribution < -0.4 is 0 Å². The summed E-state index contributed by atoms with van der Waals surface area (Å²) in [6.07, 6.45) is 6.74. The van der Waals surface area contributed by atoms with Gasteiger partial charge in [0.05, 0.1) is 0 Å². The summed E-state index contributed by atoms with van der Waals surface area (Å²) in [5, 5.41) is 0. The molecule has 0 heterocycles. The lowest BCUT2D eigenvalue weighted by Gasteiger charge is -2.15. The van der Waals surface area contributed by atoms with Gasteiger partial charge in [0.1, 0.15) is 5.78 Å². The highest BCUT2D eigenvalue weighted by molar-refractivity contribution is 5.81. The Balaban J connectivity index is 0.00000676. The van der Waals surface area contributed by atoms with Gasteiger partial charge >= 0.3 is 0 Å². The monoisotopic (exact) mass is 354 g/mol. The Morgan fingerprint density at radius 1 is 1.08 bits per heavy atom. The van der Waals surface area contributed by atoms with Gasteiger partial charge in [-0.1, -0.05) is 63.6 Å². The molecular formula is C25H38O. The van der Waals surface area contributed by atoms with Crippen molar-refractivity contribution in [3.63, 3.8) is 0 Å². The average molecular weight is 355 g/mol. The molecule has 0 N–H and O–H groups in total. The molecule has 144 valence electrons. The van der Waals surface area contributed by atoms with Gasteiger partial charge in [-0.25, -0.2) is 0 Å². The predicted octanol–water partition coefficient (Wildman–Crippen LogP) is 7.26. The molecule has 0 aliphatic rings. The highest BCUT2D eigenvalue weighted by Gasteiger charge is 2.12. The third-order valence-electron chi connectivity index (χ3n) is 4.93. The van der Waals surface area contributed by atoms with Crippen LogP contribution in [-0.2, 0) is 17.6 Å². The molecule has 0 spiro atoms. The second-order valence-corrected chi connectivity index (χ2v) is 7.64. The van der Waals surface area contributed by atoms with Crippen molar-refractivity contribution >= 4 is 5.78 Å². The quantitative estimate of drug-likeness (QED) is 0.302. The Bertz CT molecular complexity index is 658. The molecule has 1 aromatic carbocycles. The first-order chi connectivity index (χ1) is 12.4. The van der Waals surface area contributed by atoms with Crippen LogP contribution in [-0.4, -0.2) is 5.78 Å². The van der Waals surface area contributed by atoms with Gasteiger partial charge in [0.2, 0.25) is 0 Å². The van der Waals surface area contributed by atoms with Crippen LogP contribution in [0.4, 0.5) is 0 Å². The fourth-order valence-corrected chi connectivity index (χ4v) is 3.56. The molecule has 0 fully saturated rings. The van der Waals surface area contributed by atoms with E-state index in [0.29, 0.717) is 24.5 Å². The standard InChI is InChI=1S/C25H36O.H2/c1-7-9-11-22-14-16-23(17-15-22)12-10-13-24(26)18-21(6)25(19(3)4)20(5)8-2;/h14-17,19H,2,7,9-13,18H2,1,3-6H3;1H/b25-21-;. The largest absolute Gasteiger partial charge is 0.299 e. The molecular weight excluding hydrogens is 316 g/mol. The van der Waals surface area contributed by atoms with Crippen molar-refractivity contribution in [3.8, 4) is 0 Å². The molecule has 0 bridgehead atoms. The number of aryl methyl sites for hydroxylation is 2. The molecule has 1 heteroatoms. The van der Waals surface area contributed by atoms with Crippen molar-refractivity contribution in [1.82, 2.24) is 0 Å². The zero-order valence-corrected chi connectivity index (χ0v) is 17.5. The van der Waals surface area contributed by atoms with E-state index in [1.54, 1.807) is 0 Å². The molecule has 26 heavy (non-hydrogen) atoms. The number of Topliss-reactive ketones (excluding diaryl/α,β-unsaturated/α-hetero) is 1. The van der Waals surface area contributed by atoms with E-state index in [2.05, 4.69) is 64.3 Å². The fraction of sp³-hybridized carbons (Fsp3) is 0.520. The van der Waals surface area contributed by atoms with Crippen LogP contribution in [0.1, 0.15) is 79.3 Å². The van der Waals surface area contributed by atoms with Crippen LogP contribution in [0.3, 0.4) is 0 Å². The molecule has 0 aliphatic heterocycles. The lowest BCUT2D eigenvalue weighted by molar-refractivity contribution is -0.118. The number of benzene rings is 1. The van der Waals surface area contributed by atoms with Gasteiger partial charge in [0.15, 0.2) is 0 Å². The second-order valence-electron chi connectivity index (χ2n) is 7.64. The minimum absolute atomic E-state index is 0. The topological polar surface area (TPSA) is 17.1 Å². The van der Waals surface area contributed by atoms with E-state index in [4.69, 9.17) is 0 Å². The summed E-state index contributed by atoms with van der Waals surface area (Å²) < 4.78 is 0. The molecule has 1 rings (SSSR count). The number of ketones is 1. The van der Waals surface area contributed by atoms with E-state index in [0.717, 1.165) is 24.8 Å². The Hall–Kier alpha value is -1.85. The van der Waals surface area contributed by atoms with Gasteiger partial charge in [0.25, 0.3) is 0 Å². The number of rotatable bonds is 11. The van der Waals surface area contributed by atoms with Crippen LogP contribution in [0.25, 0.3) is 0 Å². The lowest BCUT2D eigenvalue weighted by Crippen LogP contribution is -2.05. The Labute approximate surface area is 162 Å². The number of unbranched alkanes of at least 4 members (excludes halogenated alkanes) is 1.